The zero-order valence-corrected chi connectivity index (χ0v) is 20.0. The van der Waals surface area contributed by atoms with E-state index in [1.165, 1.54) is 42.8 Å². The van der Waals surface area contributed by atoms with Gasteiger partial charge in [-0.05, 0) is 55.5 Å². The molecule has 34 heavy (non-hydrogen) atoms. The smallest absolute Gasteiger partial charge is 0.307 e. The van der Waals surface area contributed by atoms with Gasteiger partial charge in [0, 0.05) is 22.0 Å². The lowest BCUT2D eigenvalue weighted by Gasteiger charge is -2.23. The predicted octanol–water partition coefficient (Wildman–Crippen LogP) is 5.91. The lowest BCUT2D eigenvalue weighted by molar-refractivity contribution is -0.137. The first-order valence-corrected chi connectivity index (χ1v) is 12.3. The minimum atomic E-state index is -1.37. The van der Waals surface area contributed by atoms with Crippen LogP contribution in [0.3, 0.4) is 0 Å². The van der Waals surface area contributed by atoms with Crippen LogP contribution in [-0.2, 0) is 11.3 Å². The molecule has 3 aromatic rings. The van der Waals surface area contributed by atoms with Crippen molar-refractivity contribution in [2.45, 2.75) is 62.9 Å². The predicted molar refractivity (Wildman–Crippen MR) is 133 cm³/mol. The summed E-state index contributed by atoms with van der Waals surface area (Å²) in [7, 11) is 0. The molecule has 1 unspecified atom stereocenters. The van der Waals surface area contributed by atoms with E-state index in [0.29, 0.717) is 24.6 Å². The summed E-state index contributed by atoms with van der Waals surface area (Å²) in [5.74, 6) is -0.0904. The second-order valence-electron chi connectivity index (χ2n) is 9.55. The maximum absolute atomic E-state index is 13.0. The van der Waals surface area contributed by atoms with E-state index in [1.807, 2.05) is 36.4 Å². The van der Waals surface area contributed by atoms with Crippen molar-refractivity contribution in [3.8, 4) is 17.0 Å². The quantitative estimate of drug-likeness (QED) is 0.351. The number of carbonyl (C=O) groups excluding carboxylic acids is 1. The third-order valence-corrected chi connectivity index (χ3v) is 7.18. The Morgan fingerprint density at radius 3 is 2.71 bits per heavy atom. The molecule has 0 spiro atoms. The molecule has 1 fully saturated rings. The normalized spacial score (nSPS) is 17.7. The molecule has 7 heteroatoms. The van der Waals surface area contributed by atoms with Crippen molar-refractivity contribution in [3.63, 3.8) is 0 Å². The maximum Gasteiger partial charge on any atom is 0.307 e. The van der Waals surface area contributed by atoms with E-state index in [0.717, 1.165) is 29.7 Å². The summed E-state index contributed by atoms with van der Waals surface area (Å²) < 4.78 is 8.38. The van der Waals surface area contributed by atoms with Gasteiger partial charge in [0.2, 0.25) is 0 Å². The second kappa shape index (κ2) is 8.99. The molecule has 1 saturated carbocycles. The van der Waals surface area contributed by atoms with Gasteiger partial charge in [0.1, 0.15) is 17.4 Å². The molecule has 1 aliphatic heterocycles. The highest BCUT2D eigenvalue weighted by Crippen LogP contribution is 2.47. The first-order chi connectivity index (χ1) is 16.3. The van der Waals surface area contributed by atoms with E-state index in [1.54, 1.807) is 0 Å². The number of fused-ring (bicyclic) bond motifs is 5. The van der Waals surface area contributed by atoms with Gasteiger partial charge < -0.3 is 19.7 Å². The van der Waals surface area contributed by atoms with Crippen LogP contribution in [0.25, 0.3) is 22.2 Å². The van der Waals surface area contributed by atoms with Gasteiger partial charge in [0.05, 0.1) is 18.7 Å². The number of para-hydroxylation sites is 1. The van der Waals surface area contributed by atoms with Gasteiger partial charge in [0.15, 0.2) is 0 Å². The van der Waals surface area contributed by atoms with Gasteiger partial charge in [-0.2, -0.15) is 0 Å². The van der Waals surface area contributed by atoms with Crippen molar-refractivity contribution in [2.75, 3.05) is 6.61 Å². The molecule has 0 radical (unpaired) electrons. The molecule has 2 N–H and O–H groups in total. The number of ether oxygens (including phenoxy) is 1. The molecule has 1 aromatic heterocycles. The summed E-state index contributed by atoms with van der Waals surface area (Å²) in [6.45, 7) is 2.73. The number of aromatic nitrogens is 1. The van der Waals surface area contributed by atoms with Gasteiger partial charge in [-0.3, -0.25) is 9.59 Å². The molecule has 5 rings (SSSR count). The number of nitrogens with one attached hydrogen (secondary N) is 1. The zero-order chi connectivity index (χ0) is 23.9. The number of hydrogen-bond acceptors (Lipinski definition) is 3. The Hall–Kier alpha value is -2.99. The highest BCUT2D eigenvalue weighted by atomic mass is 35.5. The van der Waals surface area contributed by atoms with Gasteiger partial charge in [0.25, 0.3) is 5.91 Å². The lowest BCUT2D eigenvalue weighted by atomic mass is 9.81. The van der Waals surface area contributed by atoms with Crippen LogP contribution in [0.1, 0.15) is 67.3 Å². The minimum absolute atomic E-state index is 0.372. The average Bonchev–Trinajstić information content (AvgIpc) is 2.99. The molecular weight excluding hydrogens is 452 g/mol. The van der Waals surface area contributed by atoms with Crippen LogP contribution in [-0.4, -0.2) is 33.2 Å². The molecule has 178 valence electrons. The van der Waals surface area contributed by atoms with Crippen molar-refractivity contribution in [2.24, 2.45) is 0 Å². The number of hydrogen-bond donors (Lipinski definition) is 2. The monoisotopic (exact) mass is 480 g/mol. The molecule has 1 aliphatic carbocycles. The zero-order valence-electron chi connectivity index (χ0n) is 19.3. The fourth-order valence-electron chi connectivity index (χ4n) is 5.52. The van der Waals surface area contributed by atoms with E-state index in [2.05, 4.69) is 16.0 Å². The number of rotatable bonds is 5. The Balaban J connectivity index is 1.64. The van der Waals surface area contributed by atoms with Crippen LogP contribution in [0.2, 0.25) is 0 Å². The van der Waals surface area contributed by atoms with E-state index in [4.69, 9.17) is 21.4 Å². The summed E-state index contributed by atoms with van der Waals surface area (Å²) in [6, 6.07) is 14.0. The van der Waals surface area contributed by atoms with Crippen LogP contribution in [0.15, 0.2) is 42.5 Å². The Bertz CT molecular complexity index is 1260. The highest BCUT2D eigenvalue weighted by Gasteiger charge is 2.31. The Labute approximate surface area is 203 Å². The van der Waals surface area contributed by atoms with E-state index < -0.39 is 11.0 Å². The van der Waals surface area contributed by atoms with Gasteiger partial charge in [-0.1, -0.05) is 49.1 Å². The fraction of sp³-hybridized carbons (Fsp3) is 0.407. The molecule has 2 aromatic carbocycles. The van der Waals surface area contributed by atoms with Crippen molar-refractivity contribution < 1.29 is 19.4 Å². The van der Waals surface area contributed by atoms with E-state index >= 15 is 0 Å². The third-order valence-electron chi connectivity index (χ3n) is 6.95. The van der Waals surface area contributed by atoms with Gasteiger partial charge in [-0.25, -0.2) is 0 Å². The van der Waals surface area contributed by atoms with Crippen LogP contribution >= 0.6 is 11.6 Å². The topological polar surface area (TPSA) is 80.6 Å². The van der Waals surface area contributed by atoms with Crippen molar-refractivity contribution >= 4 is 34.4 Å². The van der Waals surface area contributed by atoms with Crippen molar-refractivity contribution in [1.82, 2.24) is 9.88 Å². The fourth-order valence-corrected chi connectivity index (χ4v) is 5.72. The summed E-state index contributed by atoms with van der Waals surface area (Å²) >= 11 is 6.26. The first-order valence-electron chi connectivity index (χ1n) is 12.0. The summed E-state index contributed by atoms with van der Waals surface area (Å²) in [5, 5.41) is 12.9. The maximum atomic E-state index is 13.0. The summed E-state index contributed by atoms with van der Waals surface area (Å²) in [6.07, 6.45) is 5.69. The average molecular weight is 481 g/mol. The van der Waals surface area contributed by atoms with Crippen LogP contribution < -0.4 is 10.1 Å². The number of carboxylic acid groups (broad SMARTS) is 1. The SMILES string of the molecule is CC(Cl)(CC(=O)O)NC(=O)c1ccc2c(C3CCCCC3)c3n(c2c1)CCOc1ccccc1-3. The number of amides is 1. The van der Waals surface area contributed by atoms with E-state index in [9.17, 15) is 9.59 Å². The Morgan fingerprint density at radius 2 is 1.94 bits per heavy atom. The van der Waals surface area contributed by atoms with Gasteiger partial charge >= 0.3 is 5.97 Å². The minimum Gasteiger partial charge on any atom is -0.491 e. The Morgan fingerprint density at radius 1 is 1.18 bits per heavy atom. The number of benzene rings is 2. The van der Waals surface area contributed by atoms with Crippen molar-refractivity contribution in [3.05, 3.63) is 53.6 Å². The third kappa shape index (κ3) is 4.27. The molecular formula is C27H29ClN2O4. The van der Waals surface area contributed by atoms with Crippen molar-refractivity contribution in [1.29, 1.82) is 0 Å². The Kier molecular flexibility index (Phi) is 6.02. The second-order valence-corrected chi connectivity index (χ2v) is 10.4. The number of carbonyl (C=O) groups is 2. The number of nitrogens with zero attached hydrogens (tertiary/aromatic N) is 1. The molecule has 2 aliphatic rings. The summed E-state index contributed by atoms with van der Waals surface area (Å²) in [4.78, 5) is 22.7. The number of aliphatic carboxylic acids is 1. The number of carboxylic acids is 1. The van der Waals surface area contributed by atoms with Crippen LogP contribution in [0.5, 0.6) is 5.75 Å². The molecule has 0 saturated heterocycles. The largest absolute Gasteiger partial charge is 0.491 e. The number of halogens is 1. The first kappa shape index (κ1) is 22.8. The van der Waals surface area contributed by atoms with E-state index in [-0.39, 0.29) is 12.3 Å². The summed E-state index contributed by atoms with van der Waals surface area (Å²) in [5.41, 5.74) is 5.10. The van der Waals surface area contributed by atoms with Crippen LogP contribution in [0, 0.1) is 0 Å². The molecule has 2 heterocycles. The standard InChI is InChI=1S/C27H29ClN2O4/c1-27(28,16-23(31)32)29-26(33)18-11-12-19-21(15-18)30-13-14-34-22-10-6-5-9-20(22)25(30)24(19)17-7-3-2-4-8-17/h5-6,9-12,15,17H,2-4,7-8,13-14,16H2,1H3,(H,29,33)(H,31,32). The highest BCUT2D eigenvalue weighted by molar-refractivity contribution is 6.25. The molecule has 1 atom stereocenters. The number of alkyl halides is 1. The molecule has 0 bridgehead atoms. The van der Waals surface area contributed by atoms with Crippen LogP contribution in [0.4, 0.5) is 0 Å². The molecule has 6 nitrogen and oxygen atoms in total. The molecule has 1 amide bonds. The van der Waals surface area contributed by atoms with Gasteiger partial charge in [-0.15, -0.1) is 0 Å². The lowest BCUT2D eigenvalue weighted by Crippen LogP contribution is -2.42.